The van der Waals surface area contributed by atoms with Crippen LogP contribution in [-0.2, 0) is 19.7 Å². The van der Waals surface area contributed by atoms with Crippen molar-refractivity contribution in [3.05, 3.63) is 29.8 Å². The van der Waals surface area contributed by atoms with Crippen LogP contribution in [0.2, 0.25) is 0 Å². The quantitative estimate of drug-likeness (QED) is 0.558. The van der Waals surface area contributed by atoms with Crippen LogP contribution in [-0.4, -0.2) is 19.0 Å². The van der Waals surface area contributed by atoms with Gasteiger partial charge < -0.3 is 9.47 Å². The maximum atomic E-state index is 11.6. The summed E-state index contributed by atoms with van der Waals surface area (Å²) in [6.07, 6.45) is 0.0823. The lowest BCUT2D eigenvalue weighted by atomic mass is 9.81. The fourth-order valence-electron chi connectivity index (χ4n) is 1.80. The fourth-order valence-corrected chi connectivity index (χ4v) is 1.80. The maximum Gasteiger partial charge on any atom is 0.324 e. The average molecular weight is 220 g/mol. The summed E-state index contributed by atoms with van der Waals surface area (Å²) in [5.41, 5.74) is -0.145. The van der Waals surface area contributed by atoms with Crippen LogP contribution in [0.15, 0.2) is 24.3 Å². The van der Waals surface area contributed by atoms with Gasteiger partial charge in [-0.05, 0) is 24.6 Å². The zero-order valence-corrected chi connectivity index (χ0v) is 9.15. The lowest BCUT2D eigenvalue weighted by Crippen LogP contribution is -2.27. The van der Waals surface area contributed by atoms with E-state index in [4.69, 9.17) is 4.74 Å². The van der Waals surface area contributed by atoms with Crippen molar-refractivity contribution in [2.75, 3.05) is 7.11 Å². The van der Waals surface area contributed by atoms with E-state index >= 15 is 0 Å². The second-order valence-electron chi connectivity index (χ2n) is 4.00. The molecule has 1 heterocycles. The van der Waals surface area contributed by atoms with E-state index in [0.29, 0.717) is 5.75 Å². The highest BCUT2D eigenvalue weighted by atomic mass is 16.6. The van der Waals surface area contributed by atoms with Crippen molar-refractivity contribution >= 4 is 11.9 Å². The van der Waals surface area contributed by atoms with Crippen molar-refractivity contribution in [2.24, 2.45) is 0 Å². The fraction of sp³-hybridized carbons (Fsp3) is 0.333. The molecule has 1 unspecified atom stereocenters. The summed E-state index contributed by atoms with van der Waals surface area (Å²) >= 11 is 0. The van der Waals surface area contributed by atoms with Gasteiger partial charge in [0, 0.05) is 0 Å². The van der Waals surface area contributed by atoms with Gasteiger partial charge in [0.1, 0.15) is 11.2 Å². The number of rotatable bonds is 2. The van der Waals surface area contributed by atoms with Crippen LogP contribution in [0.3, 0.4) is 0 Å². The maximum absolute atomic E-state index is 11.6. The van der Waals surface area contributed by atoms with E-state index in [-0.39, 0.29) is 6.42 Å². The van der Waals surface area contributed by atoms with Crippen LogP contribution < -0.4 is 4.74 Å². The van der Waals surface area contributed by atoms with Crippen LogP contribution in [0.1, 0.15) is 18.9 Å². The van der Waals surface area contributed by atoms with Crippen LogP contribution in [0.5, 0.6) is 5.75 Å². The Labute approximate surface area is 93.2 Å². The number of ether oxygens (including phenoxy) is 2. The Balaban J connectivity index is 2.43. The first kappa shape index (κ1) is 10.7. The summed E-state index contributed by atoms with van der Waals surface area (Å²) in [5.74, 6) is -0.313. The van der Waals surface area contributed by atoms with Crippen molar-refractivity contribution in [1.29, 1.82) is 0 Å². The van der Waals surface area contributed by atoms with Gasteiger partial charge in [-0.25, -0.2) is 0 Å². The molecule has 1 fully saturated rings. The van der Waals surface area contributed by atoms with Gasteiger partial charge in [-0.1, -0.05) is 12.1 Å². The highest BCUT2D eigenvalue weighted by Crippen LogP contribution is 2.35. The Morgan fingerprint density at radius 1 is 1.38 bits per heavy atom. The summed E-state index contributed by atoms with van der Waals surface area (Å²) in [6.45, 7) is 1.70. The number of cyclic esters (lactones) is 2. The molecular weight excluding hydrogens is 208 g/mol. The molecule has 0 saturated carbocycles. The van der Waals surface area contributed by atoms with Gasteiger partial charge >= 0.3 is 11.9 Å². The number of hydrogen-bond donors (Lipinski definition) is 0. The second kappa shape index (κ2) is 3.63. The first-order chi connectivity index (χ1) is 7.56. The SMILES string of the molecule is COc1cccc(C2(C)CC(=O)OC2=O)c1. The molecule has 1 aliphatic heterocycles. The van der Waals surface area contributed by atoms with Crippen molar-refractivity contribution in [1.82, 2.24) is 0 Å². The van der Waals surface area contributed by atoms with Crippen LogP contribution in [0, 0.1) is 0 Å². The number of methoxy groups -OCH3 is 1. The lowest BCUT2D eigenvalue weighted by Gasteiger charge is -2.18. The number of carbonyl (C=O) groups excluding carboxylic acids is 2. The summed E-state index contributed by atoms with van der Waals surface area (Å²) in [4.78, 5) is 22.7. The third-order valence-corrected chi connectivity index (χ3v) is 2.86. The van der Waals surface area contributed by atoms with E-state index in [0.717, 1.165) is 5.56 Å². The molecule has 0 N–H and O–H groups in total. The van der Waals surface area contributed by atoms with Crippen LogP contribution in [0.4, 0.5) is 0 Å². The molecule has 4 heteroatoms. The van der Waals surface area contributed by atoms with Gasteiger partial charge in [-0.15, -0.1) is 0 Å². The number of esters is 2. The van der Waals surface area contributed by atoms with E-state index in [1.54, 1.807) is 38.3 Å². The zero-order valence-electron chi connectivity index (χ0n) is 9.15. The molecule has 2 rings (SSSR count). The summed E-state index contributed by atoms with van der Waals surface area (Å²) in [5, 5.41) is 0. The first-order valence-corrected chi connectivity index (χ1v) is 4.96. The Morgan fingerprint density at radius 3 is 2.69 bits per heavy atom. The number of carbonyl (C=O) groups is 2. The molecule has 84 valence electrons. The molecule has 1 aliphatic rings. The van der Waals surface area contributed by atoms with E-state index in [1.807, 2.05) is 0 Å². The Hall–Kier alpha value is -1.84. The van der Waals surface area contributed by atoms with E-state index in [1.165, 1.54) is 0 Å². The molecule has 1 saturated heterocycles. The molecule has 16 heavy (non-hydrogen) atoms. The predicted octanol–water partition coefficient (Wildman–Crippen LogP) is 1.43. The summed E-state index contributed by atoms with van der Waals surface area (Å²) in [7, 11) is 1.56. The highest BCUT2D eigenvalue weighted by molar-refractivity contribution is 6.00. The van der Waals surface area contributed by atoms with Gasteiger partial charge in [0.25, 0.3) is 0 Å². The third kappa shape index (κ3) is 1.56. The Bertz CT molecular complexity index is 452. The van der Waals surface area contributed by atoms with Gasteiger partial charge in [0.2, 0.25) is 0 Å². The molecule has 0 amide bonds. The average Bonchev–Trinajstić information content (AvgIpc) is 2.54. The summed E-state index contributed by atoms with van der Waals surface area (Å²) < 4.78 is 9.67. The van der Waals surface area contributed by atoms with Crippen molar-refractivity contribution in [3.63, 3.8) is 0 Å². The summed E-state index contributed by atoms with van der Waals surface area (Å²) in [6, 6.07) is 7.12. The molecule has 0 radical (unpaired) electrons. The Kier molecular flexibility index (Phi) is 2.42. The van der Waals surface area contributed by atoms with Gasteiger partial charge in [0.15, 0.2) is 0 Å². The molecular formula is C12H12O4. The van der Waals surface area contributed by atoms with Crippen LogP contribution >= 0.6 is 0 Å². The highest BCUT2D eigenvalue weighted by Gasteiger charge is 2.46. The van der Waals surface area contributed by atoms with Gasteiger partial charge in [-0.3, -0.25) is 9.59 Å². The van der Waals surface area contributed by atoms with Crippen molar-refractivity contribution in [2.45, 2.75) is 18.8 Å². The smallest absolute Gasteiger partial charge is 0.324 e. The van der Waals surface area contributed by atoms with Crippen molar-refractivity contribution in [3.8, 4) is 5.75 Å². The molecule has 1 atom stereocenters. The van der Waals surface area contributed by atoms with Gasteiger partial charge in [-0.2, -0.15) is 0 Å². The molecule has 1 aromatic carbocycles. The molecule has 0 spiro atoms. The standard InChI is InChI=1S/C12H12O4/c1-12(7-10(13)16-11(12)14)8-4-3-5-9(6-8)15-2/h3-6H,7H2,1-2H3. The second-order valence-corrected chi connectivity index (χ2v) is 4.00. The van der Waals surface area contributed by atoms with Crippen molar-refractivity contribution < 1.29 is 19.1 Å². The lowest BCUT2D eigenvalue weighted by molar-refractivity contribution is -0.153. The molecule has 0 bridgehead atoms. The molecule has 0 aliphatic carbocycles. The predicted molar refractivity (Wildman–Crippen MR) is 56.1 cm³/mol. The van der Waals surface area contributed by atoms with E-state index < -0.39 is 17.4 Å². The third-order valence-electron chi connectivity index (χ3n) is 2.86. The zero-order chi connectivity index (χ0) is 11.8. The minimum Gasteiger partial charge on any atom is -0.497 e. The number of benzene rings is 1. The van der Waals surface area contributed by atoms with E-state index in [2.05, 4.69) is 4.74 Å². The topological polar surface area (TPSA) is 52.6 Å². The van der Waals surface area contributed by atoms with Crippen LogP contribution in [0.25, 0.3) is 0 Å². The van der Waals surface area contributed by atoms with E-state index in [9.17, 15) is 9.59 Å². The minimum atomic E-state index is -0.883. The number of hydrogen-bond acceptors (Lipinski definition) is 4. The largest absolute Gasteiger partial charge is 0.497 e. The Morgan fingerprint density at radius 2 is 2.12 bits per heavy atom. The normalized spacial score (nSPS) is 24.4. The van der Waals surface area contributed by atoms with Gasteiger partial charge in [0.05, 0.1) is 13.5 Å². The molecule has 1 aromatic rings. The first-order valence-electron chi connectivity index (χ1n) is 4.96. The molecule has 0 aromatic heterocycles. The monoisotopic (exact) mass is 220 g/mol. The minimum absolute atomic E-state index is 0.0823. The molecule has 4 nitrogen and oxygen atoms in total.